The van der Waals surface area contributed by atoms with Crippen molar-refractivity contribution >= 4 is 44.6 Å². The molecular formula is C46H58N8O7S. The van der Waals surface area contributed by atoms with Crippen molar-refractivity contribution in [3.63, 3.8) is 0 Å². The maximum atomic E-state index is 14.6. The van der Waals surface area contributed by atoms with Crippen LogP contribution in [0.25, 0.3) is 33.3 Å². The molecule has 2 fully saturated rings. The van der Waals surface area contributed by atoms with Gasteiger partial charge in [-0.2, -0.15) is 4.31 Å². The number of esters is 1. The molecule has 330 valence electrons. The van der Waals surface area contributed by atoms with E-state index < -0.39 is 57.3 Å². The summed E-state index contributed by atoms with van der Waals surface area (Å²) in [7, 11) is -2.16. The van der Waals surface area contributed by atoms with Crippen LogP contribution in [0.5, 0.6) is 0 Å². The fraction of sp³-hybridized carbons (Fsp3) is 0.478. The summed E-state index contributed by atoms with van der Waals surface area (Å²) in [6.45, 7) is 14.6. The fourth-order valence-electron chi connectivity index (χ4n) is 9.25. The highest BCUT2D eigenvalue weighted by Crippen LogP contribution is 2.40. The van der Waals surface area contributed by atoms with Crippen LogP contribution < -0.4 is 10.7 Å². The Hall–Kier alpha value is -5.45. The minimum absolute atomic E-state index is 0.00896. The summed E-state index contributed by atoms with van der Waals surface area (Å²) in [6, 6.07) is 11.5. The van der Waals surface area contributed by atoms with Gasteiger partial charge in [0.1, 0.15) is 24.5 Å². The van der Waals surface area contributed by atoms with Crippen molar-refractivity contribution in [1.29, 1.82) is 0 Å². The lowest BCUT2D eigenvalue weighted by atomic mass is 9.84. The molecule has 2 saturated heterocycles. The van der Waals surface area contributed by atoms with Gasteiger partial charge < -0.3 is 19.5 Å². The molecule has 62 heavy (non-hydrogen) atoms. The molecule has 4 atom stereocenters. The van der Waals surface area contributed by atoms with E-state index in [9.17, 15) is 27.6 Å². The van der Waals surface area contributed by atoms with Gasteiger partial charge in [0.05, 0.1) is 18.2 Å². The summed E-state index contributed by atoms with van der Waals surface area (Å²) in [4.78, 5) is 66.7. The number of likely N-dealkylation sites (N-methyl/N-ethyl adjacent to an activating group) is 1. The summed E-state index contributed by atoms with van der Waals surface area (Å²) in [6.07, 6.45) is 7.18. The second kappa shape index (κ2) is 18.1. The highest BCUT2D eigenvalue weighted by molar-refractivity contribution is 7.92. The maximum absolute atomic E-state index is 14.6. The van der Waals surface area contributed by atoms with Gasteiger partial charge in [-0.05, 0) is 72.9 Å². The van der Waals surface area contributed by atoms with E-state index in [4.69, 9.17) is 4.74 Å². The van der Waals surface area contributed by atoms with E-state index in [0.29, 0.717) is 38.8 Å². The van der Waals surface area contributed by atoms with Gasteiger partial charge in [-0.1, -0.05) is 64.6 Å². The molecule has 6 bridgehead atoms. The minimum atomic E-state index is -3.70. The van der Waals surface area contributed by atoms with E-state index in [0.717, 1.165) is 49.8 Å². The molecule has 16 heteroatoms. The van der Waals surface area contributed by atoms with E-state index in [1.54, 1.807) is 7.05 Å². The van der Waals surface area contributed by atoms with Crippen LogP contribution in [0.4, 0.5) is 0 Å². The number of ether oxygens (including phenoxy) is 1. The monoisotopic (exact) mass is 866 g/mol. The first-order chi connectivity index (χ1) is 29.5. The van der Waals surface area contributed by atoms with E-state index in [-0.39, 0.29) is 37.9 Å². The summed E-state index contributed by atoms with van der Waals surface area (Å²) in [5.74, 6) is -2.76. The van der Waals surface area contributed by atoms with Crippen LogP contribution in [-0.2, 0) is 53.3 Å². The van der Waals surface area contributed by atoms with Gasteiger partial charge in [0.15, 0.2) is 0 Å². The van der Waals surface area contributed by atoms with Crippen molar-refractivity contribution in [1.82, 2.24) is 39.5 Å². The summed E-state index contributed by atoms with van der Waals surface area (Å²) >= 11 is 0. The van der Waals surface area contributed by atoms with Crippen LogP contribution in [-0.4, -0.2) is 112 Å². The number of nitrogens with one attached hydrogen (secondary N) is 2. The molecule has 7 rings (SSSR count). The van der Waals surface area contributed by atoms with Crippen molar-refractivity contribution in [3.8, 4) is 22.4 Å². The number of benzene rings is 2. The number of amides is 3. The van der Waals surface area contributed by atoms with E-state index in [2.05, 4.69) is 70.8 Å². The number of carbonyl (C=O) groups excluding carboxylic acids is 4. The molecule has 3 amide bonds. The zero-order valence-corrected chi connectivity index (χ0v) is 37.3. The number of hydrogen-bond acceptors (Lipinski definition) is 10. The van der Waals surface area contributed by atoms with Gasteiger partial charge in [-0.3, -0.25) is 24.2 Å². The molecule has 2 aromatic heterocycles. The number of aromatic nitrogens is 3. The first-order valence-corrected chi connectivity index (χ1v) is 23.0. The number of hydrazine groups is 1. The molecule has 1 unspecified atom stereocenters. The number of cyclic esters (lactones) is 1. The molecule has 3 aliphatic heterocycles. The number of nitrogens with zero attached hydrogens (tertiary/aromatic N) is 6. The maximum Gasteiger partial charge on any atom is 0.324 e. The molecule has 0 saturated carbocycles. The number of sulfonamides is 1. The van der Waals surface area contributed by atoms with Crippen LogP contribution in [0.3, 0.4) is 0 Å². The van der Waals surface area contributed by atoms with E-state index in [1.165, 1.54) is 20.5 Å². The van der Waals surface area contributed by atoms with Crippen LogP contribution >= 0.6 is 0 Å². The van der Waals surface area contributed by atoms with Gasteiger partial charge in [-0.15, -0.1) is 0 Å². The fourth-order valence-corrected chi connectivity index (χ4v) is 10.2. The average Bonchev–Trinajstić information content (AvgIpc) is 3.88. The zero-order chi connectivity index (χ0) is 44.5. The van der Waals surface area contributed by atoms with Crippen molar-refractivity contribution < 1.29 is 32.3 Å². The van der Waals surface area contributed by atoms with Gasteiger partial charge in [0, 0.05) is 79.3 Å². The van der Waals surface area contributed by atoms with Crippen LogP contribution in [0.2, 0.25) is 0 Å². The van der Waals surface area contributed by atoms with Gasteiger partial charge >= 0.3 is 5.97 Å². The number of hydrogen-bond donors (Lipinski definition) is 2. The van der Waals surface area contributed by atoms with Gasteiger partial charge in [-0.25, -0.2) is 23.8 Å². The summed E-state index contributed by atoms with van der Waals surface area (Å²) < 4.78 is 34.5. The molecule has 0 radical (unpaired) electrons. The zero-order valence-electron chi connectivity index (χ0n) is 36.5. The highest BCUT2D eigenvalue weighted by Gasteiger charge is 2.41. The lowest BCUT2D eigenvalue weighted by Gasteiger charge is -2.37. The Morgan fingerprint density at radius 3 is 2.52 bits per heavy atom. The average molecular weight is 867 g/mol. The molecule has 2 aromatic carbocycles. The number of carbonyl (C=O) groups is 4. The molecular weight excluding hydrogens is 809 g/mol. The Bertz CT molecular complexity index is 2470. The van der Waals surface area contributed by atoms with E-state index >= 15 is 0 Å². The van der Waals surface area contributed by atoms with Gasteiger partial charge in [0.25, 0.3) is 5.91 Å². The lowest BCUT2D eigenvalue weighted by molar-refractivity contribution is -0.155. The molecule has 5 heterocycles. The Morgan fingerprint density at radius 2 is 1.81 bits per heavy atom. The Balaban J connectivity index is 1.26. The first-order valence-electron chi connectivity index (χ1n) is 21.5. The largest absolute Gasteiger partial charge is 0.464 e. The number of rotatable bonds is 9. The Morgan fingerprint density at radius 1 is 1.06 bits per heavy atom. The molecule has 0 aliphatic carbocycles. The van der Waals surface area contributed by atoms with Gasteiger partial charge in [0.2, 0.25) is 21.8 Å². The third kappa shape index (κ3) is 9.18. The van der Waals surface area contributed by atoms with Crippen LogP contribution in [0, 0.1) is 17.3 Å². The second-order valence-corrected chi connectivity index (χ2v) is 19.7. The molecule has 15 nitrogen and oxygen atoms in total. The third-order valence-corrected chi connectivity index (χ3v) is 13.8. The van der Waals surface area contributed by atoms with Crippen molar-refractivity contribution in [2.75, 3.05) is 33.3 Å². The summed E-state index contributed by atoms with van der Waals surface area (Å²) in [5.41, 5.74) is 9.39. The lowest BCUT2D eigenvalue weighted by Crippen LogP contribution is -2.62. The Kier molecular flexibility index (Phi) is 13.0. The highest BCUT2D eigenvalue weighted by atomic mass is 32.2. The Labute approximate surface area is 363 Å². The number of aryl methyl sites for hydroxylation is 1. The standard InChI is InChI=1S/C46H58N8O7S/c1-8-53-39-16-15-32-22-35(39)36(41(53)34-24-47-28-48-25-34)23-46(5,6)27-61-45(58)37-14-11-18-54(50-37)44(57)38(21-30-12-10-13-31(32)20-30)49-42(55)40(29(3)4)51(7)43(56)33-17-19-52(26-33)62(59,60)9-2/h9-10,12-13,15-16,20,22,24-25,28-29,33,37-38,40,50H,2,8,11,14,17-19,21,23,26-27H2,1,3-7H3,(H,49,55)/t33-,37+,38+,40?/m1/s1. The molecule has 2 N–H and O–H groups in total. The third-order valence-electron chi connectivity index (χ3n) is 12.4. The SMILES string of the molecule is C=CS(=O)(=O)N1CC[C@@H](C(=O)N(C)C(C(=O)N[C@H]2Cc3cccc(c3)-c3ccc4c(c3)c(c(-c3cncnc3)n4CC)CC(C)(C)COC(=O)[C@@H]3CCCN(N3)C2=O)C(C)C)C1. The topological polar surface area (TPSA) is 176 Å². The van der Waals surface area contributed by atoms with Crippen molar-refractivity contribution in [3.05, 3.63) is 84.3 Å². The predicted octanol–water partition coefficient (Wildman–Crippen LogP) is 4.71. The minimum Gasteiger partial charge on any atom is -0.464 e. The van der Waals surface area contributed by atoms with Crippen LogP contribution in [0.15, 0.2) is 73.2 Å². The predicted molar refractivity (Wildman–Crippen MR) is 236 cm³/mol. The summed E-state index contributed by atoms with van der Waals surface area (Å²) in [5, 5.41) is 6.35. The smallest absolute Gasteiger partial charge is 0.324 e. The molecule has 4 aromatic rings. The molecule has 0 spiro atoms. The van der Waals surface area contributed by atoms with Crippen molar-refractivity contribution in [2.24, 2.45) is 17.3 Å². The normalized spacial score (nSPS) is 21.6. The van der Waals surface area contributed by atoms with Crippen LogP contribution in [0.1, 0.15) is 65.0 Å². The first kappa shape index (κ1) is 44.6. The molecule has 3 aliphatic rings. The second-order valence-electron chi connectivity index (χ2n) is 17.9. The number of fused-ring (bicyclic) bond motifs is 6. The van der Waals surface area contributed by atoms with E-state index in [1.807, 2.05) is 50.5 Å². The van der Waals surface area contributed by atoms with Crippen molar-refractivity contribution in [2.45, 2.75) is 91.4 Å². The quantitative estimate of drug-likeness (QED) is 0.224.